The largest absolute Gasteiger partial charge is 0.480 e. The van der Waals surface area contributed by atoms with Gasteiger partial charge in [0.15, 0.2) is 0 Å². The average Bonchev–Trinajstić information content (AvgIpc) is 2.77. The molecule has 0 spiro atoms. The summed E-state index contributed by atoms with van der Waals surface area (Å²) in [5, 5.41) is 8.69. The minimum atomic E-state index is -1.10. The van der Waals surface area contributed by atoms with Crippen molar-refractivity contribution < 1.29 is 33.7 Å². The Balaban J connectivity index is 2.70. The first-order valence-corrected chi connectivity index (χ1v) is 7.00. The van der Waals surface area contributed by atoms with Crippen molar-refractivity contribution in [1.82, 2.24) is 4.90 Å². The number of likely N-dealkylation sites (tertiary alicyclic amines) is 1. The topological polar surface area (TPSA) is 102 Å². The monoisotopic (exact) mass is 317 g/mol. The van der Waals surface area contributed by atoms with E-state index in [2.05, 4.69) is 4.74 Å². The first kappa shape index (κ1) is 18.2. The summed E-state index contributed by atoms with van der Waals surface area (Å²) in [7, 11) is 1.27. The molecule has 22 heavy (non-hydrogen) atoms. The van der Waals surface area contributed by atoms with Crippen LogP contribution in [0.5, 0.6) is 0 Å². The second-order valence-corrected chi connectivity index (χ2v) is 6.17. The van der Waals surface area contributed by atoms with E-state index in [9.17, 15) is 14.4 Å². The highest BCUT2D eigenvalue weighted by molar-refractivity contribution is 5.71. The third kappa shape index (κ3) is 5.88. The predicted molar refractivity (Wildman–Crippen MR) is 75.3 cm³/mol. The molecule has 1 aliphatic heterocycles. The van der Waals surface area contributed by atoms with Crippen molar-refractivity contribution in [2.45, 2.75) is 38.9 Å². The van der Waals surface area contributed by atoms with E-state index in [-0.39, 0.29) is 25.4 Å². The number of carbonyl (C=O) groups is 3. The number of rotatable bonds is 5. The van der Waals surface area contributed by atoms with Gasteiger partial charge in [-0.15, -0.1) is 0 Å². The van der Waals surface area contributed by atoms with Gasteiger partial charge in [0.25, 0.3) is 0 Å². The molecule has 0 aliphatic carbocycles. The summed E-state index contributed by atoms with van der Waals surface area (Å²) in [5.41, 5.74) is -0.630. The summed E-state index contributed by atoms with van der Waals surface area (Å²) in [6.07, 6.45) is -0.994. The lowest BCUT2D eigenvalue weighted by atomic mass is 10.0. The van der Waals surface area contributed by atoms with Crippen LogP contribution in [0.3, 0.4) is 0 Å². The van der Waals surface area contributed by atoms with Crippen LogP contribution in [-0.2, 0) is 23.8 Å². The van der Waals surface area contributed by atoms with Gasteiger partial charge in [0, 0.05) is 12.5 Å². The van der Waals surface area contributed by atoms with E-state index in [1.807, 2.05) is 0 Å². The maximum absolute atomic E-state index is 12.1. The zero-order valence-electron chi connectivity index (χ0n) is 13.3. The van der Waals surface area contributed by atoms with Crippen LogP contribution in [0.2, 0.25) is 0 Å². The summed E-state index contributed by atoms with van der Waals surface area (Å²) < 4.78 is 15.2. The number of methoxy groups -OCH3 is 1. The summed E-state index contributed by atoms with van der Waals surface area (Å²) in [6.45, 7) is 5.23. The molecule has 0 aromatic carbocycles. The van der Waals surface area contributed by atoms with Gasteiger partial charge in [-0.05, 0) is 20.8 Å². The van der Waals surface area contributed by atoms with E-state index in [1.165, 1.54) is 12.0 Å². The Kier molecular flexibility index (Phi) is 6.16. The predicted octanol–water partition coefficient (Wildman–Crippen LogP) is 0.886. The first-order valence-electron chi connectivity index (χ1n) is 7.00. The van der Waals surface area contributed by atoms with Gasteiger partial charge in [0.2, 0.25) is 0 Å². The van der Waals surface area contributed by atoms with Gasteiger partial charge in [0.1, 0.15) is 12.2 Å². The number of carboxylic acid groups (broad SMARTS) is 1. The lowest BCUT2D eigenvalue weighted by Crippen LogP contribution is -2.36. The minimum absolute atomic E-state index is 0.0556. The Hall–Kier alpha value is -1.83. The highest BCUT2D eigenvalue weighted by atomic mass is 16.6. The summed E-state index contributed by atoms with van der Waals surface area (Å²) >= 11 is 0. The number of esters is 1. The number of ether oxygens (including phenoxy) is 3. The highest BCUT2D eigenvalue weighted by Crippen LogP contribution is 2.25. The second kappa shape index (κ2) is 7.44. The van der Waals surface area contributed by atoms with Crippen LogP contribution in [0, 0.1) is 5.92 Å². The zero-order valence-corrected chi connectivity index (χ0v) is 13.3. The number of hydrogen-bond donors (Lipinski definition) is 1. The SMILES string of the molecule is COC(=O)C[C@@H]1CN(C(=O)OC(C)(C)C)C[C@H]1OCC(=O)O. The second-order valence-electron chi connectivity index (χ2n) is 6.17. The van der Waals surface area contributed by atoms with E-state index in [0.29, 0.717) is 0 Å². The summed E-state index contributed by atoms with van der Waals surface area (Å²) in [4.78, 5) is 35.5. The van der Waals surface area contributed by atoms with Crippen LogP contribution in [-0.4, -0.2) is 66.5 Å². The standard InChI is InChI=1S/C14H23NO7/c1-14(2,3)22-13(19)15-6-9(5-12(18)20-4)10(7-15)21-8-11(16)17/h9-10H,5-8H2,1-4H3,(H,16,17)/t9-,10-/m1/s1. The van der Waals surface area contributed by atoms with Crippen molar-refractivity contribution in [2.24, 2.45) is 5.92 Å². The molecule has 0 saturated carbocycles. The molecule has 126 valence electrons. The van der Waals surface area contributed by atoms with Gasteiger partial charge in [0.05, 0.1) is 26.2 Å². The van der Waals surface area contributed by atoms with Crippen molar-refractivity contribution in [3.05, 3.63) is 0 Å². The molecule has 1 N–H and O–H groups in total. The Morgan fingerprint density at radius 3 is 2.36 bits per heavy atom. The van der Waals surface area contributed by atoms with E-state index in [0.717, 1.165) is 0 Å². The quantitative estimate of drug-likeness (QED) is 0.751. The van der Waals surface area contributed by atoms with Crippen LogP contribution in [0.1, 0.15) is 27.2 Å². The molecule has 1 saturated heterocycles. The number of carboxylic acids is 1. The Morgan fingerprint density at radius 1 is 1.23 bits per heavy atom. The number of hydrogen-bond acceptors (Lipinski definition) is 6. The lowest BCUT2D eigenvalue weighted by Gasteiger charge is -2.24. The van der Waals surface area contributed by atoms with E-state index in [4.69, 9.17) is 14.6 Å². The molecule has 8 nitrogen and oxygen atoms in total. The molecule has 2 atom stereocenters. The molecule has 0 aromatic rings. The normalized spacial score (nSPS) is 21.5. The molecule has 0 radical (unpaired) electrons. The molecule has 1 fully saturated rings. The number of carbonyl (C=O) groups excluding carboxylic acids is 2. The van der Waals surface area contributed by atoms with Crippen LogP contribution in [0.25, 0.3) is 0 Å². The summed E-state index contributed by atoms with van der Waals surface area (Å²) in [6, 6.07) is 0. The van der Waals surface area contributed by atoms with Gasteiger partial charge in [-0.2, -0.15) is 0 Å². The average molecular weight is 317 g/mol. The molecule has 1 heterocycles. The van der Waals surface area contributed by atoms with Crippen molar-refractivity contribution in [1.29, 1.82) is 0 Å². The van der Waals surface area contributed by atoms with Gasteiger partial charge in [-0.1, -0.05) is 0 Å². The van der Waals surface area contributed by atoms with Crippen LogP contribution < -0.4 is 0 Å². The van der Waals surface area contributed by atoms with Crippen LogP contribution in [0.4, 0.5) is 4.79 Å². The summed E-state index contributed by atoms with van der Waals surface area (Å²) in [5.74, 6) is -1.85. The van der Waals surface area contributed by atoms with E-state index < -0.39 is 36.3 Å². The molecule has 1 rings (SSSR count). The number of nitrogens with zero attached hydrogens (tertiary/aromatic N) is 1. The molecule has 1 amide bonds. The molecule has 0 aromatic heterocycles. The minimum Gasteiger partial charge on any atom is -0.480 e. The van der Waals surface area contributed by atoms with Crippen LogP contribution >= 0.6 is 0 Å². The zero-order chi connectivity index (χ0) is 16.9. The van der Waals surface area contributed by atoms with Crippen molar-refractivity contribution in [3.63, 3.8) is 0 Å². The third-order valence-electron chi connectivity index (χ3n) is 3.11. The molecule has 0 bridgehead atoms. The number of aliphatic carboxylic acids is 1. The maximum atomic E-state index is 12.1. The fourth-order valence-electron chi connectivity index (χ4n) is 2.18. The van der Waals surface area contributed by atoms with Gasteiger partial charge in [-0.25, -0.2) is 9.59 Å². The first-order chi connectivity index (χ1) is 10.1. The molecule has 8 heteroatoms. The lowest BCUT2D eigenvalue weighted by molar-refractivity contribution is -0.146. The smallest absolute Gasteiger partial charge is 0.410 e. The van der Waals surface area contributed by atoms with Crippen molar-refractivity contribution in [2.75, 3.05) is 26.8 Å². The fraction of sp³-hybridized carbons (Fsp3) is 0.786. The highest BCUT2D eigenvalue weighted by Gasteiger charge is 2.39. The van der Waals surface area contributed by atoms with Crippen molar-refractivity contribution >= 4 is 18.0 Å². The Morgan fingerprint density at radius 2 is 1.86 bits per heavy atom. The van der Waals surface area contributed by atoms with Crippen molar-refractivity contribution in [3.8, 4) is 0 Å². The van der Waals surface area contributed by atoms with Gasteiger partial charge >= 0.3 is 18.0 Å². The number of amides is 1. The molecular formula is C14H23NO7. The van der Waals surface area contributed by atoms with Gasteiger partial charge < -0.3 is 24.2 Å². The molecule has 0 unspecified atom stereocenters. The molecule has 1 aliphatic rings. The molecular weight excluding hydrogens is 294 g/mol. The maximum Gasteiger partial charge on any atom is 0.410 e. The van der Waals surface area contributed by atoms with E-state index >= 15 is 0 Å². The van der Waals surface area contributed by atoms with Crippen LogP contribution in [0.15, 0.2) is 0 Å². The third-order valence-corrected chi connectivity index (χ3v) is 3.11. The Bertz CT molecular complexity index is 429. The van der Waals surface area contributed by atoms with Gasteiger partial charge in [-0.3, -0.25) is 4.79 Å². The Labute approximate surface area is 129 Å². The fourth-order valence-corrected chi connectivity index (χ4v) is 2.18. The van der Waals surface area contributed by atoms with E-state index in [1.54, 1.807) is 20.8 Å².